The third-order valence-corrected chi connectivity index (χ3v) is 2.49. The molecule has 2 heteroatoms. The molecule has 0 aromatic rings. The maximum atomic E-state index is 11.2. The summed E-state index contributed by atoms with van der Waals surface area (Å²) in [5.74, 6) is 0.296. The van der Waals surface area contributed by atoms with Gasteiger partial charge in [0.15, 0.2) is 0 Å². The first-order chi connectivity index (χ1) is 4.93. The monoisotopic (exact) mass is 155 g/mol. The van der Waals surface area contributed by atoms with Gasteiger partial charge in [-0.15, -0.1) is 0 Å². The average molecular weight is 155 g/mol. The van der Waals surface area contributed by atoms with Crippen LogP contribution in [0.15, 0.2) is 0 Å². The molecular weight excluding hydrogens is 138 g/mol. The molecule has 1 atom stereocenters. The topological polar surface area (TPSA) is 20.3 Å². The van der Waals surface area contributed by atoms with Crippen molar-refractivity contribution in [2.75, 3.05) is 7.05 Å². The molecule has 1 amide bonds. The number of amides is 1. The number of nitrogens with zero attached hydrogens (tertiary/aromatic N) is 1. The van der Waals surface area contributed by atoms with Crippen LogP contribution in [0.5, 0.6) is 0 Å². The number of hydrogen-bond donors (Lipinski definition) is 0. The minimum atomic E-state index is 0.237. The van der Waals surface area contributed by atoms with E-state index in [1.807, 2.05) is 11.9 Å². The standard InChI is InChI=1S/C9H17NO/c1-9(2,3)7-5-6-8(11)10(7)4/h7H,5-6H2,1-4H3. The predicted octanol–water partition coefficient (Wildman–Crippen LogP) is 1.65. The fourth-order valence-corrected chi connectivity index (χ4v) is 1.82. The van der Waals surface area contributed by atoms with Gasteiger partial charge in [0, 0.05) is 19.5 Å². The summed E-state index contributed by atoms with van der Waals surface area (Å²) in [5, 5.41) is 0. The van der Waals surface area contributed by atoms with Gasteiger partial charge >= 0.3 is 0 Å². The zero-order valence-electron chi connectivity index (χ0n) is 7.85. The molecule has 1 unspecified atom stereocenters. The van der Waals surface area contributed by atoms with Crippen LogP contribution in [0.25, 0.3) is 0 Å². The molecule has 0 spiro atoms. The lowest BCUT2D eigenvalue weighted by Crippen LogP contribution is -2.38. The van der Waals surface area contributed by atoms with Gasteiger partial charge in [0.1, 0.15) is 0 Å². The third kappa shape index (κ3) is 1.55. The molecule has 0 aromatic heterocycles. The van der Waals surface area contributed by atoms with Gasteiger partial charge in [-0.3, -0.25) is 4.79 Å². The molecule has 0 N–H and O–H groups in total. The minimum Gasteiger partial charge on any atom is -0.342 e. The van der Waals surface area contributed by atoms with Crippen molar-refractivity contribution in [3.05, 3.63) is 0 Å². The first kappa shape index (κ1) is 8.57. The summed E-state index contributed by atoms with van der Waals surface area (Å²) in [6.07, 6.45) is 1.76. The number of carbonyl (C=O) groups is 1. The molecular formula is C9H17NO. The summed E-state index contributed by atoms with van der Waals surface area (Å²) < 4.78 is 0. The highest BCUT2D eigenvalue weighted by Gasteiger charge is 2.35. The van der Waals surface area contributed by atoms with Gasteiger partial charge in [-0.1, -0.05) is 20.8 Å². The van der Waals surface area contributed by atoms with Crippen LogP contribution in [-0.4, -0.2) is 23.9 Å². The third-order valence-electron chi connectivity index (χ3n) is 2.49. The molecule has 1 heterocycles. The Balaban J connectivity index is 2.70. The SMILES string of the molecule is CN1C(=O)CCC1C(C)(C)C. The largest absolute Gasteiger partial charge is 0.342 e. The minimum absolute atomic E-state index is 0.237. The molecule has 1 aliphatic rings. The van der Waals surface area contributed by atoms with Crippen LogP contribution in [0.2, 0.25) is 0 Å². The Labute approximate surface area is 68.6 Å². The predicted molar refractivity (Wildman–Crippen MR) is 45.2 cm³/mol. The summed E-state index contributed by atoms with van der Waals surface area (Å²) in [5.41, 5.74) is 0.237. The number of likely N-dealkylation sites (tertiary alicyclic amines) is 1. The molecule has 0 radical (unpaired) electrons. The zero-order chi connectivity index (χ0) is 8.65. The van der Waals surface area contributed by atoms with Crippen molar-refractivity contribution >= 4 is 5.91 Å². The Morgan fingerprint density at radius 3 is 2.18 bits per heavy atom. The van der Waals surface area contributed by atoms with Crippen LogP contribution in [0.3, 0.4) is 0 Å². The molecule has 2 nitrogen and oxygen atoms in total. The highest BCUT2D eigenvalue weighted by Crippen LogP contribution is 2.31. The second-order valence-corrected chi connectivity index (χ2v) is 4.43. The van der Waals surface area contributed by atoms with Crippen LogP contribution in [0.1, 0.15) is 33.6 Å². The van der Waals surface area contributed by atoms with E-state index in [1.54, 1.807) is 0 Å². The van der Waals surface area contributed by atoms with Gasteiger partial charge in [0.25, 0.3) is 0 Å². The smallest absolute Gasteiger partial charge is 0.222 e. The molecule has 1 fully saturated rings. The van der Waals surface area contributed by atoms with Crippen molar-refractivity contribution < 1.29 is 4.79 Å². The van der Waals surface area contributed by atoms with Crippen molar-refractivity contribution in [1.29, 1.82) is 0 Å². The van der Waals surface area contributed by atoms with E-state index in [4.69, 9.17) is 0 Å². The second-order valence-electron chi connectivity index (χ2n) is 4.43. The number of rotatable bonds is 0. The quantitative estimate of drug-likeness (QED) is 0.521. The molecule has 0 saturated carbocycles. The van der Waals surface area contributed by atoms with Gasteiger partial charge in [-0.25, -0.2) is 0 Å². The molecule has 0 bridgehead atoms. The molecule has 0 aromatic carbocycles. The van der Waals surface area contributed by atoms with E-state index in [1.165, 1.54) is 0 Å². The molecule has 1 saturated heterocycles. The lowest BCUT2D eigenvalue weighted by Gasteiger charge is -2.32. The van der Waals surface area contributed by atoms with Gasteiger partial charge in [0.2, 0.25) is 5.91 Å². The first-order valence-corrected chi connectivity index (χ1v) is 4.18. The lowest BCUT2D eigenvalue weighted by molar-refractivity contribution is -0.128. The summed E-state index contributed by atoms with van der Waals surface area (Å²) in [6.45, 7) is 6.56. The van der Waals surface area contributed by atoms with Crippen LogP contribution in [0, 0.1) is 5.41 Å². The van der Waals surface area contributed by atoms with Crippen molar-refractivity contribution in [2.45, 2.75) is 39.7 Å². The Hall–Kier alpha value is -0.530. The van der Waals surface area contributed by atoms with E-state index in [9.17, 15) is 4.79 Å². The van der Waals surface area contributed by atoms with Crippen molar-refractivity contribution in [3.63, 3.8) is 0 Å². The van der Waals surface area contributed by atoms with Gasteiger partial charge in [-0.05, 0) is 11.8 Å². The van der Waals surface area contributed by atoms with Crippen LogP contribution in [-0.2, 0) is 4.79 Å². The van der Waals surface area contributed by atoms with E-state index in [0.29, 0.717) is 11.9 Å². The molecule has 64 valence electrons. The van der Waals surface area contributed by atoms with Crippen molar-refractivity contribution in [3.8, 4) is 0 Å². The van der Waals surface area contributed by atoms with Gasteiger partial charge in [-0.2, -0.15) is 0 Å². The summed E-state index contributed by atoms with van der Waals surface area (Å²) in [7, 11) is 1.91. The maximum Gasteiger partial charge on any atom is 0.222 e. The summed E-state index contributed by atoms with van der Waals surface area (Å²) >= 11 is 0. The Kier molecular flexibility index (Phi) is 1.95. The van der Waals surface area contributed by atoms with E-state index in [-0.39, 0.29) is 5.41 Å². The van der Waals surface area contributed by atoms with Crippen molar-refractivity contribution in [2.24, 2.45) is 5.41 Å². The Bertz CT molecular complexity index is 169. The normalized spacial score (nSPS) is 26.4. The first-order valence-electron chi connectivity index (χ1n) is 4.18. The van der Waals surface area contributed by atoms with E-state index >= 15 is 0 Å². The van der Waals surface area contributed by atoms with E-state index < -0.39 is 0 Å². The molecule has 11 heavy (non-hydrogen) atoms. The second kappa shape index (κ2) is 2.50. The van der Waals surface area contributed by atoms with E-state index in [2.05, 4.69) is 20.8 Å². The van der Waals surface area contributed by atoms with Crippen LogP contribution >= 0.6 is 0 Å². The zero-order valence-corrected chi connectivity index (χ0v) is 7.85. The molecule has 1 aliphatic heterocycles. The highest BCUT2D eigenvalue weighted by molar-refractivity contribution is 5.78. The molecule has 1 rings (SSSR count). The Morgan fingerprint density at radius 1 is 1.45 bits per heavy atom. The molecule has 0 aliphatic carbocycles. The number of carbonyl (C=O) groups excluding carboxylic acids is 1. The lowest BCUT2D eigenvalue weighted by atomic mass is 9.85. The highest BCUT2D eigenvalue weighted by atomic mass is 16.2. The summed E-state index contributed by atoms with van der Waals surface area (Å²) in [4.78, 5) is 13.0. The van der Waals surface area contributed by atoms with Crippen molar-refractivity contribution in [1.82, 2.24) is 4.90 Å². The average Bonchev–Trinajstić information content (AvgIpc) is 2.11. The van der Waals surface area contributed by atoms with Gasteiger partial charge in [0.05, 0.1) is 0 Å². The Morgan fingerprint density at radius 2 is 2.00 bits per heavy atom. The maximum absolute atomic E-state index is 11.2. The van der Waals surface area contributed by atoms with Gasteiger partial charge < -0.3 is 4.90 Å². The van der Waals surface area contributed by atoms with E-state index in [0.717, 1.165) is 12.8 Å². The summed E-state index contributed by atoms with van der Waals surface area (Å²) in [6, 6.07) is 0.440. The fraction of sp³-hybridized carbons (Fsp3) is 0.889. The van der Waals surface area contributed by atoms with Crippen LogP contribution in [0.4, 0.5) is 0 Å². The number of hydrogen-bond acceptors (Lipinski definition) is 1. The van der Waals surface area contributed by atoms with Crippen LogP contribution < -0.4 is 0 Å². The fourth-order valence-electron chi connectivity index (χ4n) is 1.82.